The summed E-state index contributed by atoms with van der Waals surface area (Å²) in [6, 6.07) is 8.30. The first kappa shape index (κ1) is 22.4. The molecular weight excluding hydrogens is 440 g/mol. The van der Waals surface area contributed by atoms with Crippen LogP contribution in [0.25, 0.3) is 0 Å². The summed E-state index contributed by atoms with van der Waals surface area (Å²) in [6.07, 6.45) is -3.72. The van der Waals surface area contributed by atoms with Crippen LogP contribution in [0.5, 0.6) is 0 Å². The van der Waals surface area contributed by atoms with E-state index in [4.69, 9.17) is 5.14 Å². The smallest absolute Gasteiger partial charge is 0.358 e. The van der Waals surface area contributed by atoms with E-state index in [0.717, 1.165) is 18.2 Å². The van der Waals surface area contributed by atoms with Gasteiger partial charge in [-0.25, -0.2) is 17.9 Å². The van der Waals surface area contributed by atoms with Gasteiger partial charge >= 0.3 is 6.18 Å². The second-order valence-electron chi connectivity index (χ2n) is 6.56. The van der Waals surface area contributed by atoms with E-state index in [1.807, 2.05) is 0 Å². The van der Waals surface area contributed by atoms with E-state index in [1.54, 1.807) is 0 Å². The molecule has 1 amide bonds. The number of carbonyl (C=O) groups excluding carboxylic acids is 1. The van der Waals surface area contributed by atoms with Crippen molar-refractivity contribution in [1.29, 1.82) is 0 Å². The van der Waals surface area contributed by atoms with Crippen molar-refractivity contribution < 1.29 is 30.8 Å². The molecule has 7 nitrogen and oxygen atoms in total. The molecule has 4 N–H and O–H groups in total. The van der Waals surface area contributed by atoms with Crippen LogP contribution >= 0.6 is 0 Å². The molecule has 0 bridgehead atoms. The number of alkyl halides is 3. The van der Waals surface area contributed by atoms with Crippen molar-refractivity contribution in [2.45, 2.75) is 16.5 Å². The van der Waals surface area contributed by atoms with Gasteiger partial charge in [-0.2, -0.15) is 18.3 Å². The van der Waals surface area contributed by atoms with Crippen molar-refractivity contribution in [2.24, 2.45) is 5.14 Å². The molecule has 0 fully saturated rings. The van der Waals surface area contributed by atoms with Crippen molar-refractivity contribution in [3.05, 3.63) is 82.9 Å². The molecular formula is C19H16F4N4O3S. The third-order valence-corrected chi connectivity index (χ3v) is 5.72. The molecule has 1 aromatic heterocycles. The summed E-state index contributed by atoms with van der Waals surface area (Å²) in [5, 5.41) is 13.9. The number of sulfonamides is 1. The van der Waals surface area contributed by atoms with Gasteiger partial charge in [0.25, 0.3) is 0 Å². The summed E-state index contributed by atoms with van der Waals surface area (Å²) in [4.78, 5) is 12.9. The topological polar surface area (TPSA) is 118 Å². The molecule has 12 heteroatoms. The number of carbonyl (C=O) groups is 1. The maximum absolute atomic E-state index is 13.9. The molecule has 0 aliphatic heterocycles. The fourth-order valence-corrected chi connectivity index (χ4v) is 3.90. The van der Waals surface area contributed by atoms with Crippen molar-refractivity contribution in [3.63, 3.8) is 0 Å². The van der Waals surface area contributed by atoms with Gasteiger partial charge in [0, 0.05) is 13.2 Å². The number of halogens is 4. The number of hydrogen-bond donors (Lipinski definition) is 3. The molecule has 2 aromatic carbocycles. The van der Waals surface area contributed by atoms with Crippen LogP contribution in [0.15, 0.2) is 59.6 Å². The van der Waals surface area contributed by atoms with Gasteiger partial charge in [0.15, 0.2) is 0 Å². The zero-order valence-electron chi connectivity index (χ0n) is 15.9. The number of likely N-dealkylation sites (N-methyl/N-ethyl adjacent to an activating group) is 1. The van der Waals surface area contributed by atoms with Gasteiger partial charge in [-0.1, -0.05) is 18.2 Å². The highest BCUT2D eigenvalue weighted by molar-refractivity contribution is 7.89. The molecule has 31 heavy (non-hydrogen) atoms. The number of rotatable bonds is 5. The van der Waals surface area contributed by atoms with Gasteiger partial charge in [0.2, 0.25) is 15.9 Å². The lowest BCUT2D eigenvalue weighted by Gasteiger charge is -2.32. The molecule has 0 saturated heterocycles. The first-order valence-corrected chi connectivity index (χ1v) is 10.2. The molecule has 0 saturated carbocycles. The van der Waals surface area contributed by atoms with Gasteiger partial charge in [0.1, 0.15) is 11.2 Å². The van der Waals surface area contributed by atoms with Crippen LogP contribution < -0.4 is 10.5 Å². The normalized spacial score (nSPS) is 14.1. The van der Waals surface area contributed by atoms with Crippen LogP contribution in [0.1, 0.15) is 22.4 Å². The Kier molecular flexibility index (Phi) is 5.63. The molecule has 0 spiro atoms. The Hall–Kier alpha value is -3.25. The average molecular weight is 456 g/mol. The fourth-order valence-electron chi connectivity index (χ4n) is 3.38. The standard InChI is InChI=1S/C19H16F4N4O3S/c1-25-17(28)18(16-8-9-26-27-16,11-2-5-13(6-3-11)31(24,29)30)12-4-7-15(20)14(10-12)19(21,22)23/h2-10H,1H3,(H,25,28)(H,26,27)(H2,24,29,30). The SMILES string of the molecule is CNC(=O)C(c1ccc(S(N)(=O)=O)cc1)(c1ccc(F)c(C(F)(F)F)c1)c1ccn[nH]1. The van der Waals surface area contributed by atoms with E-state index in [2.05, 4.69) is 15.5 Å². The third kappa shape index (κ3) is 3.91. The predicted octanol–water partition coefficient (Wildman–Crippen LogP) is 2.30. The fraction of sp³-hybridized carbons (Fsp3) is 0.158. The number of aromatic amines is 1. The van der Waals surface area contributed by atoms with Crippen molar-refractivity contribution in [2.75, 3.05) is 7.05 Å². The van der Waals surface area contributed by atoms with Crippen LogP contribution in [0.3, 0.4) is 0 Å². The summed E-state index contributed by atoms with van der Waals surface area (Å²) in [5.74, 6) is -2.27. The minimum Gasteiger partial charge on any atom is -0.358 e. The summed E-state index contributed by atoms with van der Waals surface area (Å²) in [7, 11) is -2.78. The molecule has 0 aliphatic carbocycles. The summed E-state index contributed by atoms with van der Waals surface area (Å²) in [5.41, 5.74) is -3.53. The molecule has 164 valence electrons. The lowest BCUT2D eigenvalue weighted by Crippen LogP contribution is -2.45. The predicted molar refractivity (Wildman–Crippen MR) is 102 cm³/mol. The van der Waals surface area contributed by atoms with Crippen LogP contribution in [-0.2, 0) is 26.4 Å². The molecule has 1 heterocycles. The van der Waals surface area contributed by atoms with E-state index < -0.39 is 38.9 Å². The van der Waals surface area contributed by atoms with E-state index in [0.29, 0.717) is 12.1 Å². The average Bonchev–Trinajstić information content (AvgIpc) is 3.23. The number of hydrogen-bond acceptors (Lipinski definition) is 4. The molecule has 0 aliphatic rings. The Labute approximate surface area is 174 Å². The molecule has 0 radical (unpaired) electrons. The first-order chi connectivity index (χ1) is 14.4. The molecule has 1 atom stereocenters. The van der Waals surface area contributed by atoms with Crippen LogP contribution in [0.2, 0.25) is 0 Å². The second kappa shape index (κ2) is 7.78. The quantitative estimate of drug-likeness (QED) is 0.511. The zero-order chi connectivity index (χ0) is 23.0. The minimum absolute atomic E-state index is 0.0786. The molecule has 3 rings (SSSR count). The van der Waals surface area contributed by atoms with Crippen LogP contribution in [0.4, 0.5) is 17.6 Å². The number of primary sulfonamides is 1. The molecule has 1 unspecified atom stereocenters. The van der Waals surface area contributed by atoms with Gasteiger partial charge in [-0.05, 0) is 41.5 Å². The Morgan fingerprint density at radius 1 is 1.06 bits per heavy atom. The zero-order valence-corrected chi connectivity index (χ0v) is 16.7. The Morgan fingerprint density at radius 3 is 2.16 bits per heavy atom. The Bertz CT molecular complexity index is 1210. The summed E-state index contributed by atoms with van der Waals surface area (Å²) >= 11 is 0. The Balaban J connectivity index is 2.40. The summed E-state index contributed by atoms with van der Waals surface area (Å²) in [6.45, 7) is 0. The number of nitrogens with one attached hydrogen (secondary N) is 2. The number of benzene rings is 2. The first-order valence-electron chi connectivity index (χ1n) is 8.65. The number of aromatic nitrogens is 2. The number of H-pyrrole nitrogens is 1. The van der Waals surface area contributed by atoms with Crippen molar-refractivity contribution >= 4 is 15.9 Å². The van der Waals surface area contributed by atoms with Crippen LogP contribution in [0, 0.1) is 5.82 Å². The van der Waals surface area contributed by atoms with E-state index in [1.165, 1.54) is 31.4 Å². The monoisotopic (exact) mass is 456 g/mol. The highest BCUT2D eigenvalue weighted by Gasteiger charge is 2.46. The van der Waals surface area contributed by atoms with Crippen molar-refractivity contribution in [3.8, 4) is 0 Å². The van der Waals surface area contributed by atoms with Gasteiger partial charge in [-0.3, -0.25) is 9.89 Å². The maximum Gasteiger partial charge on any atom is 0.419 e. The lowest BCUT2D eigenvalue weighted by molar-refractivity contribution is -0.140. The maximum atomic E-state index is 13.9. The van der Waals surface area contributed by atoms with Crippen LogP contribution in [-0.4, -0.2) is 31.6 Å². The lowest BCUT2D eigenvalue weighted by atomic mass is 9.70. The number of amides is 1. The number of nitrogens with zero attached hydrogens (tertiary/aromatic N) is 1. The van der Waals surface area contributed by atoms with E-state index >= 15 is 0 Å². The highest BCUT2D eigenvalue weighted by Crippen LogP contribution is 2.41. The molecule has 3 aromatic rings. The van der Waals surface area contributed by atoms with E-state index in [9.17, 15) is 30.8 Å². The van der Waals surface area contributed by atoms with Gasteiger partial charge < -0.3 is 5.32 Å². The van der Waals surface area contributed by atoms with Gasteiger partial charge in [-0.15, -0.1) is 0 Å². The second-order valence-corrected chi connectivity index (χ2v) is 8.12. The summed E-state index contributed by atoms with van der Waals surface area (Å²) < 4.78 is 77.3. The Morgan fingerprint density at radius 2 is 1.68 bits per heavy atom. The third-order valence-electron chi connectivity index (χ3n) is 4.79. The van der Waals surface area contributed by atoms with E-state index in [-0.39, 0.29) is 21.7 Å². The number of nitrogens with two attached hydrogens (primary N) is 1. The highest BCUT2D eigenvalue weighted by atomic mass is 32.2. The van der Waals surface area contributed by atoms with Crippen molar-refractivity contribution in [1.82, 2.24) is 15.5 Å². The van der Waals surface area contributed by atoms with Gasteiger partial charge in [0.05, 0.1) is 16.2 Å². The largest absolute Gasteiger partial charge is 0.419 e. The minimum atomic E-state index is -5.01.